The van der Waals surface area contributed by atoms with E-state index < -0.39 is 6.10 Å². The molecule has 5 nitrogen and oxygen atoms in total. The van der Waals surface area contributed by atoms with Crippen molar-refractivity contribution in [1.29, 1.82) is 0 Å². The van der Waals surface area contributed by atoms with Gasteiger partial charge in [0.1, 0.15) is 17.3 Å². The Bertz CT molecular complexity index is 1290. The van der Waals surface area contributed by atoms with Crippen LogP contribution in [0, 0.1) is 5.82 Å². The van der Waals surface area contributed by atoms with E-state index in [1.165, 1.54) is 12.1 Å². The number of aromatic nitrogens is 1. The van der Waals surface area contributed by atoms with Gasteiger partial charge in [0.25, 0.3) is 5.91 Å². The van der Waals surface area contributed by atoms with Gasteiger partial charge in [-0.2, -0.15) is 0 Å². The Kier molecular flexibility index (Phi) is 7.22. The number of para-hydroxylation sites is 1. The number of carbonyl (C=O) groups is 1. The van der Waals surface area contributed by atoms with Gasteiger partial charge in [-0.3, -0.25) is 9.78 Å². The van der Waals surface area contributed by atoms with Gasteiger partial charge in [0.05, 0.1) is 6.61 Å². The van der Waals surface area contributed by atoms with Crippen LogP contribution in [0.25, 0.3) is 0 Å². The Morgan fingerprint density at radius 2 is 1.69 bits per heavy atom. The van der Waals surface area contributed by atoms with E-state index >= 15 is 0 Å². The van der Waals surface area contributed by atoms with Gasteiger partial charge in [-0.25, -0.2) is 4.39 Å². The molecular formula is C30H27FN2O3. The molecule has 1 aliphatic rings. The Morgan fingerprint density at radius 1 is 0.917 bits per heavy atom. The molecule has 1 aliphatic heterocycles. The molecular weight excluding hydrogens is 455 g/mol. The summed E-state index contributed by atoms with van der Waals surface area (Å²) in [6.07, 6.45) is 4.16. The highest BCUT2D eigenvalue weighted by Gasteiger charge is 2.32. The van der Waals surface area contributed by atoms with Gasteiger partial charge >= 0.3 is 0 Å². The molecule has 5 rings (SSSR count). The topological polar surface area (TPSA) is 51.7 Å². The lowest BCUT2D eigenvalue weighted by molar-refractivity contribution is -0.139. The molecule has 1 amide bonds. The largest absolute Gasteiger partial charge is 0.493 e. The summed E-state index contributed by atoms with van der Waals surface area (Å²) in [6, 6.07) is 25.8. The zero-order valence-electron chi connectivity index (χ0n) is 19.8. The number of rotatable bonds is 9. The first kappa shape index (κ1) is 23.5. The summed E-state index contributed by atoms with van der Waals surface area (Å²) in [5.74, 6) is 1.21. The van der Waals surface area contributed by atoms with Crippen LogP contribution >= 0.6 is 0 Å². The zero-order chi connectivity index (χ0) is 24.7. The molecule has 0 aliphatic carbocycles. The molecule has 1 atom stereocenters. The average Bonchev–Trinajstić information content (AvgIpc) is 3.34. The summed E-state index contributed by atoms with van der Waals surface area (Å²) in [7, 11) is 0. The minimum Gasteiger partial charge on any atom is -0.493 e. The number of carbonyl (C=O) groups excluding carboxylic acids is 1. The van der Waals surface area contributed by atoms with Crippen molar-refractivity contribution in [3.63, 3.8) is 0 Å². The fourth-order valence-corrected chi connectivity index (χ4v) is 4.34. The molecule has 0 spiro atoms. The van der Waals surface area contributed by atoms with Crippen LogP contribution in [-0.4, -0.2) is 28.5 Å². The zero-order valence-corrected chi connectivity index (χ0v) is 19.8. The molecule has 0 fully saturated rings. The predicted molar refractivity (Wildman–Crippen MR) is 135 cm³/mol. The molecule has 0 N–H and O–H groups in total. The van der Waals surface area contributed by atoms with Crippen molar-refractivity contribution in [2.45, 2.75) is 32.0 Å². The number of nitrogens with zero attached hydrogens (tertiary/aromatic N) is 2. The molecule has 36 heavy (non-hydrogen) atoms. The fraction of sp³-hybridized carbons (Fsp3) is 0.200. The van der Waals surface area contributed by atoms with Gasteiger partial charge in [-0.1, -0.05) is 42.5 Å². The van der Waals surface area contributed by atoms with E-state index in [-0.39, 0.29) is 11.7 Å². The number of fused-ring (bicyclic) bond motifs is 1. The molecule has 3 aromatic carbocycles. The van der Waals surface area contributed by atoms with Crippen molar-refractivity contribution in [3.05, 3.63) is 125 Å². The van der Waals surface area contributed by atoms with Gasteiger partial charge in [0, 0.05) is 38.3 Å². The second kappa shape index (κ2) is 11.0. The number of amides is 1. The quantitative estimate of drug-likeness (QED) is 0.322. The normalized spacial score (nSPS) is 14.1. The second-order valence-electron chi connectivity index (χ2n) is 8.84. The van der Waals surface area contributed by atoms with Gasteiger partial charge in [0.15, 0.2) is 6.10 Å². The molecule has 0 saturated heterocycles. The van der Waals surface area contributed by atoms with Gasteiger partial charge < -0.3 is 14.4 Å². The van der Waals surface area contributed by atoms with Crippen LogP contribution in [-0.2, 0) is 30.7 Å². The number of pyridine rings is 1. The van der Waals surface area contributed by atoms with Crippen molar-refractivity contribution in [1.82, 2.24) is 9.88 Å². The summed E-state index contributed by atoms with van der Waals surface area (Å²) in [5.41, 5.74) is 4.03. The summed E-state index contributed by atoms with van der Waals surface area (Å²) >= 11 is 0. The van der Waals surface area contributed by atoms with Crippen LogP contribution in [0.2, 0.25) is 0 Å². The van der Waals surface area contributed by atoms with Crippen LogP contribution in [0.3, 0.4) is 0 Å². The molecule has 4 aromatic rings. The molecule has 0 saturated carbocycles. The first-order valence-electron chi connectivity index (χ1n) is 12.0. The lowest BCUT2D eigenvalue weighted by Gasteiger charge is -2.26. The van der Waals surface area contributed by atoms with Gasteiger partial charge in [-0.05, 0) is 64.7 Å². The van der Waals surface area contributed by atoms with Gasteiger partial charge in [0.2, 0.25) is 0 Å². The van der Waals surface area contributed by atoms with Crippen LogP contribution in [0.5, 0.6) is 11.5 Å². The van der Waals surface area contributed by atoms with Crippen LogP contribution in [0.15, 0.2) is 97.3 Å². The number of ether oxygens (including phenoxy) is 2. The standard InChI is InChI=1S/C30H27FN2O3/c31-26-10-8-22(9-11-26)14-17-35-27-6-3-4-24(18-27)21-33(20-23-12-15-32-16-13-23)30(34)29-19-25-5-1-2-7-28(25)36-29/h1-13,15-16,18,29H,14,17,19-21H2. The third-order valence-electron chi connectivity index (χ3n) is 6.20. The van der Waals surface area contributed by atoms with Crippen molar-refractivity contribution < 1.29 is 18.7 Å². The van der Waals surface area contributed by atoms with Gasteiger partial charge in [-0.15, -0.1) is 0 Å². The van der Waals surface area contributed by atoms with E-state index in [9.17, 15) is 9.18 Å². The smallest absolute Gasteiger partial charge is 0.264 e. The van der Waals surface area contributed by atoms with Crippen molar-refractivity contribution >= 4 is 5.91 Å². The lowest BCUT2D eigenvalue weighted by Crippen LogP contribution is -2.40. The summed E-state index contributed by atoms with van der Waals surface area (Å²) < 4.78 is 25.1. The highest BCUT2D eigenvalue weighted by Crippen LogP contribution is 2.29. The van der Waals surface area contributed by atoms with Crippen LogP contribution < -0.4 is 9.47 Å². The van der Waals surface area contributed by atoms with E-state index in [0.29, 0.717) is 32.5 Å². The molecule has 182 valence electrons. The molecule has 2 heterocycles. The van der Waals surface area contributed by atoms with Crippen molar-refractivity contribution in [2.75, 3.05) is 6.61 Å². The minimum absolute atomic E-state index is 0.0503. The summed E-state index contributed by atoms with van der Waals surface area (Å²) in [4.78, 5) is 19.5. The molecule has 1 aromatic heterocycles. The Morgan fingerprint density at radius 3 is 2.50 bits per heavy atom. The van der Waals surface area contributed by atoms with Crippen LogP contribution in [0.1, 0.15) is 22.3 Å². The summed E-state index contributed by atoms with van der Waals surface area (Å²) in [6.45, 7) is 1.35. The van der Waals surface area contributed by atoms with E-state index in [4.69, 9.17) is 9.47 Å². The Hall–Kier alpha value is -4.19. The highest BCUT2D eigenvalue weighted by atomic mass is 19.1. The number of halogens is 1. The van der Waals surface area contributed by atoms with Crippen LogP contribution in [0.4, 0.5) is 4.39 Å². The lowest BCUT2D eigenvalue weighted by atomic mass is 10.1. The molecule has 6 heteroatoms. The first-order chi connectivity index (χ1) is 17.6. The maximum Gasteiger partial charge on any atom is 0.264 e. The maximum atomic E-state index is 13.6. The predicted octanol–water partition coefficient (Wildman–Crippen LogP) is 5.37. The fourth-order valence-electron chi connectivity index (χ4n) is 4.34. The van der Waals surface area contributed by atoms with E-state index in [1.54, 1.807) is 24.5 Å². The monoisotopic (exact) mass is 482 g/mol. The SMILES string of the molecule is O=C(C1Cc2ccccc2O1)N(Cc1ccncc1)Cc1cccc(OCCc2ccc(F)cc2)c1. The van der Waals surface area contributed by atoms with E-state index in [1.807, 2.05) is 65.6 Å². The van der Waals surface area contributed by atoms with E-state index in [2.05, 4.69) is 4.98 Å². The second-order valence-corrected chi connectivity index (χ2v) is 8.84. The van der Waals surface area contributed by atoms with Crippen molar-refractivity contribution in [2.24, 2.45) is 0 Å². The highest BCUT2D eigenvalue weighted by molar-refractivity contribution is 5.82. The number of benzene rings is 3. The molecule has 0 radical (unpaired) electrons. The minimum atomic E-state index is -0.542. The third-order valence-corrected chi connectivity index (χ3v) is 6.20. The molecule has 1 unspecified atom stereocenters. The van der Waals surface area contributed by atoms with E-state index in [0.717, 1.165) is 33.8 Å². The number of hydrogen-bond donors (Lipinski definition) is 0. The Balaban J connectivity index is 1.27. The summed E-state index contributed by atoms with van der Waals surface area (Å²) in [5, 5.41) is 0. The average molecular weight is 483 g/mol. The maximum absolute atomic E-state index is 13.6. The van der Waals surface area contributed by atoms with Crippen molar-refractivity contribution in [3.8, 4) is 11.5 Å². The third kappa shape index (κ3) is 5.89. The first-order valence-corrected chi connectivity index (χ1v) is 12.0. The Labute approximate surface area is 210 Å². The number of hydrogen-bond acceptors (Lipinski definition) is 4. The molecule has 0 bridgehead atoms.